The Bertz CT molecular complexity index is 784. The SMILES string of the molecule is CC(C)c1ccc(NC(=O)C(=O)NCC2CCN(c3cnccn3)CC2)cc1. The fourth-order valence-corrected chi connectivity index (χ4v) is 3.28. The summed E-state index contributed by atoms with van der Waals surface area (Å²) in [5.74, 6) is 0.440. The smallest absolute Gasteiger partial charge is 0.313 e. The van der Waals surface area contributed by atoms with E-state index in [9.17, 15) is 9.59 Å². The number of hydrogen-bond acceptors (Lipinski definition) is 5. The van der Waals surface area contributed by atoms with Crippen LogP contribution in [0.25, 0.3) is 0 Å². The minimum Gasteiger partial charge on any atom is -0.355 e. The maximum atomic E-state index is 12.1. The van der Waals surface area contributed by atoms with E-state index >= 15 is 0 Å². The third kappa shape index (κ3) is 5.28. The Morgan fingerprint density at radius 2 is 1.82 bits per heavy atom. The lowest BCUT2D eigenvalue weighted by Crippen LogP contribution is -2.42. The third-order valence-corrected chi connectivity index (χ3v) is 5.08. The summed E-state index contributed by atoms with van der Waals surface area (Å²) in [7, 11) is 0. The Balaban J connectivity index is 1.41. The molecule has 2 heterocycles. The van der Waals surface area contributed by atoms with Gasteiger partial charge in [0.2, 0.25) is 0 Å². The molecule has 1 aromatic heterocycles. The number of anilines is 2. The molecule has 0 saturated carbocycles. The van der Waals surface area contributed by atoms with Gasteiger partial charge in [0.1, 0.15) is 5.82 Å². The van der Waals surface area contributed by atoms with E-state index in [-0.39, 0.29) is 0 Å². The van der Waals surface area contributed by atoms with Crippen molar-refractivity contribution in [2.24, 2.45) is 5.92 Å². The minimum absolute atomic E-state index is 0.356. The van der Waals surface area contributed by atoms with E-state index in [1.54, 1.807) is 18.6 Å². The van der Waals surface area contributed by atoms with Crippen LogP contribution in [0, 0.1) is 5.92 Å². The zero-order valence-electron chi connectivity index (χ0n) is 16.4. The van der Waals surface area contributed by atoms with Crippen LogP contribution in [-0.4, -0.2) is 41.4 Å². The number of aromatic nitrogens is 2. The second kappa shape index (κ2) is 9.30. The number of nitrogens with zero attached hydrogens (tertiary/aromatic N) is 3. The van der Waals surface area contributed by atoms with Crippen molar-refractivity contribution in [1.82, 2.24) is 15.3 Å². The molecule has 3 rings (SSSR count). The molecule has 148 valence electrons. The number of piperidine rings is 1. The van der Waals surface area contributed by atoms with Gasteiger partial charge in [-0.15, -0.1) is 0 Å². The largest absolute Gasteiger partial charge is 0.355 e. The standard InChI is InChI=1S/C21H27N5O2/c1-15(2)17-3-5-18(6-4-17)25-21(28)20(27)24-13-16-7-11-26(12-8-16)19-14-22-9-10-23-19/h3-6,9-10,14-16H,7-8,11-13H2,1-2H3,(H,24,27)(H,25,28). The van der Waals surface area contributed by atoms with Crippen LogP contribution in [-0.2, 0) is 9.59 Å². The molecule has 0 radical (unpaired) electrons. The highest BCUT2D eigenvalue weighted by molar-refractivity contribution is 6.39. The van der Waals surface area contributed by atoms with E-state index in [0.717, 1.165) is 31.7 Å². The molecule has 2 N–H and O–H groups in total. The van der Waals surface area contributed by atoms with Gasteiger partial charge in [-0.3, -0.25) is 14.6 Å². The van der Waals surface area contributed by atoms with E-state index < -0.39 is 11.8 Å². The van der Waals surface area contributed by atoms with Crippen LogP contribution in [0.2, 0.25) is 0 Å². The average molecular weight is 381 g/mol. The maximum Gasteiger partial charge on any atom is 0.313 e. The van der Waals surface area contributed by atoms with E-state index in [2.05, 4.69) is 39.3 Å². The van der Waals surface area contributed by atoms with Gasteiger partial charge < -0.3 is 15.5 Å². The molecule has 1 saturated heterocycles. The Morgan fingerprint density at radius 3 is 2.43 bits per heavy atom. The molecular weight excluding hydrogens is 354 g/mol. The van der Waals surface area contributed by atoms with Crippen molar-refractivity contribution < 1.29 is 9.59 Å². The van der Waals surface area contributed by atoms with E-state index in [4.69, 9.17) is 0 Å². The van der Waals surface area contributed by atoms with E-state index in [1.807, 2.05) is 24.3 Å². The number of carbonyl (C=O) groups excluding carboxylic acids is 2. The molecule has 2 amide bonds. The van der Waals surface area contributed by atoms with Crippen LogP contribution >= 0.6 is 0 Å². The molecule has 0 aliphatic carbocycles. The first-order valence-electron chi connectivity index (χ1n) is 9.73. The monoisotopic (exact) mass is 381 g/mol. The van der Waals surface area contributed by atoms with Gasteiger partial charge in [-0.2, -0.15) is 0 Å². The lowest BCUT2D eigenvalue weighted by molar-refractivity contribution is -0.136. The topological polar surface area (TPSA) is 87.2 Å². The highest BCUT2D eigenvalue weighted by atomic mass is 16.2. The van der Waals surface area contributed by atoms with Crippen LogP contribution < -0.4 is 15.5 Å². The maximum absolute atomic E-state index is 12.1. The summed E-state index contributed by atoms with van der Waals surface area (Å²) < 4.78 is 0. The zero-order chi connectivity index (χ0) is 19.9. The van der Waals surface area contributed by atoms with Gasteiger partial charge >= 0.3 is 11.8 Å². The van der Waals surface area contributed by atoms with Crippen molar-refractivity contribution in [2.45, 2.75) is 32.6 Å². The van der Waals surface area contributed by atoms with Gasteiger partial charge in [0.15, 0.2) is 0 Å². The molecule has 0 bridgehead atoms. The molecule has 0 unspecified atom stereocenters. The summed E-state index contributed by atoms with van der Waals surface area (Å²) in [6.07, 6.45) is 7.00. The average Bonchev–Trinajstić information content (AvgIpc) is 2.73. The van der Waals surface area contributed by atoms with Gasteiger partial charge in [-0.25, -0.2) is 4.98 Å². The Hall–Kier alpha value is -2.96. The molecule has 1 aromatic carbocycles. The number of rotatable bonds is 5. The molecule has 7 nitrogen and oxygen atoms in total. The van der Waals surface area contributed by atoms with Crippen LogP contribution in [0.3, 0.4) is 0 Å². The second-order valence-corrected chi connectivity index (χ2v) is 7.43. The summed E-state index contributed by atoms with van der Waals surface area (Å²) in [6, 6.07) is 7.57. The molecule has 1 aliphatic rings. The summed E-state index contributed by atoms with van der Waals surface area (Å²) in [4.78, 5) is 34.8. The number of nitrogens with one attached hydrogen (secondary N) is 2. The molecule has 0 spiro atoms. The zero-order valence-corrected chi connectivity index (χ0v) is 16.4. The third-order valence-electron chi connectivity index (χ3n) is 5.08. The van der Waals surface area contributed by atoms with Crippen molar-refractivity contribution in [1.29, 1.82) is 0 Å². The van der Waals surface area contributed by atoms with Gasteiger partial charge in [0.25, 0.3) is 0 Å². The first-order chi connectivity index (χ1) is 13.5. The first kappa shape index (κ1) is 19.8. The summed E-state index contributed by atoms with van der Waals surface area (Å²) >= 11 is 0. The van der Waals surface area contributed by atoms with E-state index in [1.165, 1.54) is 5.56 Å². The Morgan fingerprint density at radius 1 is 1.11 bits per heavy atom. The van der Waals surface area contributed by atoms with Crippen molar-refractivity contribution >= 4 is 23.3 Å². The predicted octanol–water partition coefficient (Wildman–Crippen LogP) is 2.57. The summed E-state index contributed by atoms with van der Waals surface area (Å²) in [5.41, 5.74) is 1.82. The first-order valence-corrected chi connectivity index (χ1v) is 9.73. The van der Waals surface area contributed by atoms with Crippen LogP contribution in [0.15, 0.2) is 42.9 Å². The quantitative estimate of drug-likeness (QED) is 0.778. The van der Waals surface area contributed by atoms with E-state index in [0.29, 0.717) is 24.1 Å². The van der Waals surface area contributed by atoms with Gasteiger partial charge in [-0.1, -0.05) is 26.0 Å². The second-order valence-electron chi connectivity index (χ2n) is 7.43. The molecule has 2 aromatic rings. The fraction of sp³-hybridized carbons (Fsp3) is 0.429. The molecule has 1 fully saturated rings. The molecular formula is C21H27N5O2. The molecule has 1 aliphatic heterocycles. The summed E-state index contributed by atoms with van der Waals surface area (Å²) in [6.45, 7) is 6.46. The number of carbonyl (C=O) groups is 2. The molecule has 7 heteroatoms. The van der Waals surface area contributed by atoms with Gasteiger partial charge in [-0.05, 0) is 42.4 Å². The molecule has 28 heavy (non-hydrogen) atoms. The highest BCUT2D eigenvalue weighted by Crippen LogP contribution is 2.20. The van der Waals surface area contributed by atoms with Crippen molar-refractivity contribution in [3.8, 4) is 0 Å². The number of hydrogen-bond donors (Lipinski definition) is 2. The normalized spacial score (nSPS) is 14.8. The molecule has 0 atom stereocenters. The number of amides is 2. The van der Waals surface area contributed by atoms with Crippen molar-refractivity contribution in [3.05, 3.63) is 48.4 Å². The van der Waals surface area contributed by atoms with Crippen LogP contribution in [0.1, 0.15) is 38.2 Å². The van der Waals surface area contributed by atoms with Crippen LogP contribution in [0.4, 0.5) is 11.5 Å². The highest BCUT2D eigenvalue weighted by Gasteiger charge is 2.22. The summed E-state index contributed by atoms with van der Waals surface area (Å²) in [5, 5.41) is 5.41. The number of benzene rings is 1. The Labute approximate surface area is 165 Å². The lowest BCUT2D eigenvalue weighted by atomic mass is 9.97. The minimum atomic E-state index is -0.630. The predicted molar refractivity (Wildman–Crippen MR) is 109 cm³/mol. The Kier molecular flexibility index (Phi) is 6.57. The van der Waals surface area contributed by atoms with Crippen molar-refractivity contribution in [3.63, 3.8) is 0 Å². The van der Waals surface area contributed by atoms with Gasteiger partial charge in [0.05, 0.1) is 6.20 Å². The van der Waals surface area contributed by atoms with Crippen molar-refractivity contribution in [2.75, 3.05) is 29.9 Å². The van der Waals surface area contributed by atoms with Gasteiger partial charge in [0, 0.05) is 37.7 Å². The van der Waals surface area contributed by atoms with Crippen LogP contribution in [0.5, 0.6) is 0 Å². The fourth-order valence-electron chi connectivity index (χ4n) is 3.28. The lowest BCUT2D eigenvalue weighted by Gasteiger charge is -2.32.